The fourth-order valence-corrected chi connectivity index (χ4v) is 8.13. The summed E-state index contributed by atoms with van der Waals surface area (Å²) in [5, 5.41) is -0.120. The van der Waals surface area contributed by atoms with Gasteiger partial charge >= 0.3 is 0 Å². The van der Waals surface area contributed by atoms with Crippen LogP contribution in [0.3, 0.4) is 0 Å². The summed E-state index contributed by atoms with van der Waals surface area (Å²) in [6.45, 7) is 1.59. The second kappa shape index (κ2) is 9.27. The molecule has 1 N–H and O–H groups in total. The first-order valence-corrected chi connectivity index (χ1v) is 15.5. The van der Waals surface area contributed by atoms with E-state index in [4.69, 9.17) is 11.6 Å². The van der Waals surface area contributed by atoms with Gasteiger partial charge in [0.25, 0.3) is 10.0 Å². The number of aromatic nitrogens is 1. The zero-order valence-electron chi connectivity index (χ0n) is 18.9. The molecular formula is C23H20ClFN2O6S3. The molecule has 0 spiro atoms. The third-order valence-electron chi connectivity index (χ3n) is 5.40. The van der Waals surface area contributed by atoms with Crippen molar-refractivity contribution in [3.8, 4) is 0 Å². The van der Waals surface area contributed by atoms with Crippen molar-refractivity contribution in [2.45, 2.75) is 27.8 Å². The van der Waals surface area contributed by atoms with Gasteiger partial charge in [0.05, 0.1) is 16.7 Å². The highest BCUT2D eigenvalue weighted by Gasteiger charge is 2.32. The molecule has 0 aliphatic heterocycles. The van der Waals surface area contributed by atoms with Gasteiger partial charge in [0.2, 0.25) is 19.9 Å². The molecule has 4 rings (SSSR count). The molecular weight excluding hydrogens is 551 g/mol. The number of fused-ring (bicyclic) bond motifs is 1. The minimum Gasteiger partial charge on any atom is -0.222 e. The topological polar surface area (TPSA) is 119 Å². The molecule has 1 heterocycles. The Morgan fingerprint density at radius 1 is 0.889 bits per heavy atom. The van der Waals surface area contributed by atoms with E-state index in [1.165, 1.54) is 54.6 Å². The van der Waals surface area contributed by atoms with Crippen molar-refractivity contribution in [1.82, 2.24) is 8.69 Å². The quantitative estimate of drug-likeness (QED) is 0.357. The molecule has 0 bridgehead atoms. The number of halogens is 2. The normalized spacial score (nSPS) is 13.7. The average Bonchev–Trinajstić information content (AvgIpc) is 3.18. The van der Waals surface area contributed by atoms with E-state index in [2.05, 4.69) is 4.72 Å². The van der Waals surface area contributed by atoms with Gasteiger partial charge in [-0.25, -0.2) is 38.3 Å². The van der Waals surface area contributed by atoms with E-state index in [0.717, 1.165) is 24.5 Å². The van der Waals surface area contributed by atoms with Crippen LogP contribution in [0.2, 0.25) is 5.02 Å². The van der Waals surface area contributed by atoms with Gasteiger partial charge in [-0.2, -0.15) is 0 Å². The van der Waals surface area contributed by atoms with Gasteiger partial charge in [-0.1, -0.05) is 35.9 Å². The Balaban J connectivity index is 1.91. The first-order chi connectivity index (χ1) is 16.7. The Hall–Kier alpha value is -2.77. The molecule has 0 aliphatic carbocycles. The highest BCUT2D eigenvalue weighted by atomic mass is 35.5. The van der Waals surface area contributed by atoms with Crippen LogP contribution in [0.1, 0.15) is 18.5 Å². The molecule has 0 fully saturated rings. The number of nitrogens with one attached hydrogen (secondary N) is 1. The lowest BCUT2D eigenvalue weighted by Crippen LogP contribution is -2.25. The number of rotatable bonds is 7. The maximum Gasteiger partial charge on any atom is 0.272 e. The predicted molar refractivity (Wildman–Crippen MR) is 134 cm³/mol. The van der Waals surface area contributed by atoms with Crippen LogP contribution in [0.25, 0.3) is 10.9 Å². The lowest BCUT2D eigenvalue weighted by molar-refractivity contribution is 0.555. The summed E-state index contributed by atoms with van der Waals surface area (Å²) in [5.41, 5.74) is 0.495. The number of benzene rings is 3. The highest BCUT2D eigenvalue weighted by Crippen LogP contribution is 2.34. The minimum atomic E-state index is -4.69. The van der Waals surface area contributed by atoms with Crippen LogP contribution < -0.4 is 4.72 Å². The van der Waals surface area contributed by atoms with Crippen LogP contribution >= 0.6 is 11.6 Å². The summed E-state index contributed by atoms with van der Waals surface area (Å²) < 4.78 is 94.9. The molecule has 3 aromatic carbocycles. The Labute approximate surface area is 213 Å². The molecule has 13 heteroatoms. The molecule has 0 saturated heterocycles. The largest absolute Gasteiger partial charge is 0.272 e. The summed E-state index contributed by atoms with van der Waals surface area (Å²) in [5.74, 6) is -1.03. The van der Waals surface area contributed by atoms with Crippen molar-refractivity contribution in [2.24, 2.45) is 0 Å². The Kier molecular flexibility index (Phi) is 6.77. The van der Waals surface area contributed by atoms with Crippen molar-refractivity contribution in [1.29, 1.82) is 0 Å². The van der Waals surface area contributed by atoms with Gasteiger partial charge in [0.1, 0.15) is 10.7 Å². The highest BCUT2D eigenvalue weighted by molar-refractivity contribution is 7.93. The van der Waals surface area contributed by atoms with Crippen LogP contribution in [0.4, 0.5) is 4.39 Å². The molecule has 0 saturated carbocycles. The first kappa shape index (κ1) is 26.3. The van der Waals surface area contributed by atoms with E-state index in [1.807, 2.05) is 0 Å². The standard InChI is InChI=1S/C23H20ClFN2O6S3/c1-15(26-34(2,28)29)16-7-10-19(11-8-16)35(30,31)23-14-17-13-18(24)9-12-21(17)27(23)36(32,33)22-6-4-3-5-20(22)25/h3-15,26H,1-2H3. The van der Waals surface area contributed by atoms with E-state index >= 15 is 0 Å². The number of nitrogens with zero attached hydrogens (tertiary/aromatic N) is 1. The van der Waals surface area contributed by atoms with Crippen LogP contribution in [0, 0.1) is 5.82 Å². The molecule has 1 unspecified atom stereocenters. The monoisotopic (exact) mass is 570 g/mol. The summed E-state index contributed by atoms with van der Waals surface area (Å²) in [4.78, 5) is -0.929. The summed E-state index contributed by atoms with van der Waals surface area (Å²) in [6, 6.07) is 14.7. The van der Waals surface area contributed by atoms with E-state index in [9.17, 15) is 29.6 Å². The van der Waals surface area contributed by atoms with Crippen molar-refractivity contribution < 1.29 is 29.6 Å². The first-order valence-electron chi connectivity index (χ1n) is 10.4. The van der Waals surface area contributed by atoms with Gasteiger partial charge in [-0.05, 0) is 61.0 Å². The average molecular weight is 571 g/mol. The second-order valence-electron chi connectivity index (χ2n) is 8.07. The van der Waals surface area contributed by atoms with Crippen LogP contribution in [0.15, 0.2) is 87.6 Å². The zero-order valence-corrected chi connectivity index (χ0v) is 22.1. The minimum absolute atomic E-state index is 0.00354. The van der Waals surface area contributed by atoms with E-state index in [0.29, 0.717) is 9.54 Å². The molecule has 1 aromatic heterocycles. The van der Waals surface area contributed by atoms with E-state index in [-0.39, 0.29) is 20.8 Å². The second-order valence-corrected chi connectivity index (χ2v) is 13.9. The molecule has 0 radical (unpaired) electrons. The van der Waals surface area contributed by atoms with E-state index in [1.54, 1.807) is 6.92 Å². The summed E-state index contributed by atoms with van der Waals surface area (Å²) in [7, 11) is -12.6. The maximum atomic E-state index is 14.5. The fourth-order valence-electron chi connectivity index (χ4n) is 3.77. The number of hydrogen-bond donors (Lipinski definition) is 1. The molecule has 0 aliphatic rings. The van der Waals surface area contributed by atoms with Crippen LogP contribution in [-0.2, 0) is 29.9 Å². The number of sulfone groups is 1. The van der Waals surface area contributed by atoms with Gasteiger partial charge in [0.15, 0.2) is 5.03 Å². The Bertz CT molecular complexity index is 1800. The third kappa shape index (κ3) is 4.91. The van der Waals surface area contributed by atoms with Crippen LogP contribution in [-0.4, -0.2) is 35.5 Å². The smallest absolute Gasteiger partial charge is 0.222 e. The van der Waals surface area contributed by atoms with Crippen molar-refractivity contribution in [2.75, 3.05) is 6.26 Å². The van der Waals surface area contributed by atoms with Crippen molar-refractivity contribution in [3.63, 3.8) is 0 Å². The summed E-state index contributed by atoms with van der Waals surface area (Å²) in [6.07, 6.45) is 1.00. The molecule has 8 nitrogen and oxygen atoms in total. The fraction of sp³-hybridized carbons (Fsp3) is 0.130. The van der Waals surface area contributed by atoms with E-state index < -0.39 is 51.7 Å². The number of hydrogen-bond acceptors (Lipinski definition) is 6. The molecule has 4 aromatic rings. The molecule has 1 atom stereocenters. The van der Waals surface area contributed by atoms with Gasteiger partial charge in [-0.3, -0.25) is 0 Å². The third-order valence-corrected chi connectivity index (χ3v) is 10.0. The lowest BCUT2D eigenvalue weighted by Gasteiger charge is -2.15. The van der Waals surface area contributed by atoms with Gasteiger partial charge < -0.3 is 0 Å². The molecule has 0 amide bonds. The van der Waals surface area contributed by atoms with Crippen LogP contribution in [0.5, 0.6) is 0 Å². The Morgan fingerprint density at radius 3 is 2.14 bits per heavy atom. The predicted octanol–water partition coefficient (Wildman–Crippen LogP) is 4.11. The Morgan fingerprint density at radius 2 is 1.53 bits per heavy atom. The SMILES string of the molecule is CC(NS(C)(=O)=O)c1ccc(S(=O)(=O)c2cc3cc(Cl)ccc3n2S(=O)(=O)c2ccccc2F)cc1. The molecule has 36 heavy (non-hydrogen) atoms. The summed E-state index contributed by atoms with van der Waals surface area (Å²) >= 11 is 6.04. The molecule has 190 valence electrons. The zero-order chi connectivity index (χ0) is 26.5. The van der Waals surface area contributed by atoms with Gasteiger partial charge in [-0.15, -0.1) is 0 Å². The number of sulfonamides is 1. The maximum absolute atomic E-state index is 14.5. The van der Waals surface area contributed by atoms with Crippen molar-refractivity contribution >= 4 is 52.4 Å². The van der Waals surface area contributed by atoms with Crippen molar-refractivity contribution in [3.05, 3.63) is 89.2 Å². The van der Waals surface area contributed by atoms with Gasteiger partial charge in [0, 0.05) is 16.5 Å². The lowest BCUT2D eigenvalue weighted by atomic mass is 10.1.